The molecule has 1 fully saturated rings. The molecule has 0 spiro atoms. The Labute approximate surface area is 90.4 Å². The van der Waals surface area contributed by atoms with Gasteiger partial charge < -0.3 is 10.6 Å². The van der Waals surface area contributed by atoms with Gasteiger partial charge in [-0.05, 0) is 31.6 Å². The smallest absolute Gasteiger partial charge is 0.232 e. The van der Waals surface area contributed by atoms with Crippen molar-refractivity contribution in [1.29, 1.82) is 0 Å². The van der Waals surface area contributed by atoms with Crippen molar-refractivity contribution in [1.82, 2.24) is 4.90 Å². The lowest BCUT2D eigenvalue weighted by molar-refractivity contribution is -0.129. The summed E-state index contributed by atoms with van der Waals surface area (Å²) in [5.41, 5.74) is 5.69. The predicted octanol–water partition coefficient (Wildman–Crippen LogP) is 0.935. The van der Waals surface area contributed by atoms with Crippen LogP contribution in [-0.4, -0.2) is 42.4 Å². The van der Waals surface area contributed by atoms with Crippen molar-refractivity contribution >= 4 is 17.7 Å². The summed E-state index contributed by atoms with van der Waals surface area (Å²) in [7, 11) is 1.91. The number of hydrogen-bond acceptors (Lipinski definition) is 3. The Balaban J connectivity index is 2.50. The molecule has 0 saturated heterocycles. The number of carbonyl (C=O) groups excluding carboxylic acids is 1. The van der Waals surface area contributed by atoms with Gasteiger partial charge in [-0.15, -0.1) is 0 Å². The molecule has 1 rings (SSSR count). The second-order valence-corrected chi connectivity index (χ2v) is 4.80. The van der Waals surface area contributed by atoms with Gasteiger partial charge in [-0.3, -0.25) is 4.79 Å². The van der Waals surface area contributed by atoms with Gasteiger partial charge in [0.2, 0.25) is 5.91 Å². The van der Waals surface area contributed by atoms with Gasteiger partial charge in [0.05, 0.1) is 5.75 Å². The number of thioether (sulfide) groups is 1. The quantitative estimate of drug-likeness (QED) is 0.760. The Kier molecular flexibility index (Phi) is 4.75. The van der Waals surface area contributed by atoms with Crippen LogP contribution in [-0.2, 0) is 4.79 Å². The predicted molar refractivity (Wildman–Crippen MR) is 61.3 cm³/mol. The SMILES string of the molecule is CSCC(=O)N(C)C1CCCC1CN. The third-order valence-electron chi connectivity index (χ3n) is 3.08. The first-order valence-electron chi connectivity index (χ1n) is 5.15. The minimum absolute atomic E-state index is 0.239. The highest BCUT2D eigenvalue weighted by atomic mass is 32.2. The zero-order valence-electron chi connectivity index (χ0n) is 9.03. The summed E-state index contributed by atoms with van der Waals surface area (Å²) < 4.78 is 0. The average Bonchev–Trinajstić information content (AvgIpc) is 2.64. The van der Waals surface area contributed by atoms with E-state index in [0.29, 0.717) is 24.3 Å². The van der Waals surface area contributed by atoms with Crippen molar-refractivity contribution in [3.63, 3.8) is 0 Å². The maximum atomic E-state index is 11.7. The molecule has 1 amide bonds. The van der Waals surface area contributed by atoms with Crippen LogP contribution in [0.5, 0.6) is 0 Å². The van der Waals surface area contributed by atoms with Gasteiger partial charge in [0.15, 0.2) is 0 Å². The van der Waals surface area contributed by atoms with E-state index in [0.717, 1.165) is 6.42 Å². The molecule has 0 heterocycles. The fourth-order valence-corrected chi connectivity index (χ4v) is 2.66. The van der Waals surface area contributed by atoms with Crippen molar-refractivity contribution in [3.8, 4) is 0 Å². The molecule has 0 aromatic carbocycles. The molecule has 4 heteroatoms. The largest absolute Gasteiger partial charge is 0.342 e. The minimum Gasteiger partial charge on any atom is -0.342 e. The van der Waals surface area contributed by atoms with Gasteiger partial charge >= 0.3 is 0 Å². The van der Waals surface area contributed by atoms with E-state index in [1.54, 1.807) is 11.8 Å². The fourth-order valence-electron chi connectivity index (χ4n) is 2.21. The monoisotopic (exact) mass is 216 g/mol. The van der Waals surface area contributed by atoms with Crippen molar-refractivity contribution in [2.24, 2.45) is 11.7 Å². The molecular formula is C10H20N2OS. The molecule has 1 aliphatic carbocycles. The number of nitrogens with zero attached hydrogens (tertiary/aromatic N) is 1. The van der Waals surface area contributed by atoms with Gasteiger partial charge in [0, 0.05) is 13.1 Å². The van der Waals surface area contributed by atoms with Crippen molar-refractivity contribution in [2.75, 3.05) is 25.6 Å². The number of amides is 1. The third kappa shape index (κ3) is 2.64. The molecule has 2 atom stereocenters. The number of rotatable bonds is 4. The summed E-state index contributed by atoms with van der Waals surface area (Å²) in [6, 6.07) is 0.389. The molecular weight excluding hydrogens is 196 g/mol. The van der Waals surface area contributed by atoms with E-state index >= 15 is 0 Å². The van der Waals surface area contributed by atoms with Crippen LogP contribution in [0.2, 0.25) is 0 Å². The second-order valence-electron chi connectivity index (χ2n) is 3.93. The molecule has 0 bridgehead atoms. The van der Waals surface area contributed by atoms with Crippen LogP contribution in [0.25, 0.3) is 0 Å². The van der Waals surface area contributed by atoms with Crippen LogP contribution < -0.4 is 5.73 Å². The third-order valence-corrected chi connectivity index (χ3v) is 3.62. The van der Waals surface area contributed by atoms with Crippen LogP contribution in [0, 0.1) is 5.92 Å². The Morgan fingerprint density at radius 2 is 2.29 bits per heavy atom. The highest BCUT2D eigenvalue weighted by Crippen LogP contribution is 2.28. The summed E-state index contributed by atoms with van der Waals surface area (Å²) in [6.07, 6.45) is 5.47. The number of carbonyl (C=O) groups is 1. The molecule has 14 heavy (non-hydrogen) atoms. The summed E-state index contributed by atoms with van der Waals surface area (Å²) in [5, 5.41) is 0. The molecule has 0 aromatic heterocycles. The minimum atomic E-state index is 0.239. The first-order valence-corrected chi connectivity index (χ1v) is 6.54. The lowest BCUT2D eigenvalue weighted by Gasteiger charge is -2.29. The lowest BCUT2D eigenvalue weighted by atomic mass is 10.0. The molecule has 0 aromatic rings. The van der Waals surface area contributed by atoms with Crippen molar-refractivity contribution < 1.29 is 4.79 Å². The van der Waals surface area contributed by atoms with Crippen LogP contribution in [0.3, 0.4) is 0 Å². The van der Waals surface area contributed by atoms with Crippen molar-refractivity contribution in [3.05, 3.63) is 0 Å². The van der Waals surface area contributed by atoms with Gasteiger partial charge in [0.1, 0.15) is 0 Å². The van der Waals surface area contributed by atoms with Gasteiger partial charge in [-0.1, -0.05) is 6.42 Å². The van der Waals surface area contributed by atoms with Gasteiger partial charge in [-0.2, -0.15) is 11.8 Å². The number of nitrogens with two attached hydrogens (primary N) is 1. The first kappa shape index (κ1) is 11.9. The zero-order chi connectivity index (χ0) is 10.6. The summed E-state index contributed by atoms with van der Waals surface area (Å²) in [4.78, 5) is 13.6. The fraction of sp³-hybridized carbons (Fsp3) is 0.900. The standard InChI is InChI=1S/C10H20N2OS/c1-12(10(13)7-14-2)9-5-3-4-8(9)6-11/h8-9H,3-7,11H2,1-2H3. The molecule has 3 nitrogen and oxygen atoms in total. The van der Waals surface area contributed by atoms with Crippen molar-refractivity contribution in [2.45, 2.75) is 25.3 Å². The summed E-state index contributed by atoms with van der Waals surface area (Å²) >= 11 is 1.58. The van der Waals surface area contributed by atoms with E-state index in [1.807, 2.05) is 18.2 Å². The molecule has 1 aliphatic rings. The summed E-state index contributed by atoms with van der Waals surface area (Å²) in [6.45, 7) is 0.710. The summed E-state index contributed by atoms with van der Waals surface area (Å²) in [5.74, 6) is 1.35. The van der Waals surface area contributed by atoms with Crippen LogP contribution in [0.15, 0.2) is 0 Å². The first-order chi connectivity index (χ1) is 6.70. The molecule has 2 unspecified atom stereocenters. The maximum absolute atomic E-state index is 11.7. The molecule has 0 radical (unpaired) electrons. The molecule has 1 saturated carbocycles. The van der Waals surface area contributed by atoms with Crippen LogP contribution in [0.1, 0.15) is 19.3 Å². The highest BCUT2D eigenvalue weighted by Gasteiger charge is 2.31. The van der Waals surface area contributed by atoms with Gasteiger partial charge in [0.25, 0.3) is 0 Å². The van der Waals surface area contributed by atoms with E-state index in [9.17, 15) is 4.79 Å². The zero-order valence-corrected chi connectivity index (χ0v) is 9.85. The molecule has 2 N–H and O–H groups in total. The highest BCUT2D eigenvalue weighted by molar-refractivity contribution is 7.99. The van der Waals surface area contributed by atoms with Gasteiger partial charge in [-0.25, -0.2) is 0 Å². The van der Waals surface area contributed by atoms with E-state index in [1.165, 1.54) is 12.8 Å². The Morgan fingerprint density at radius 1 is 1.57 bits per heavy atom. The van der Waals surface area contributed by atoms with E-state index in [4.69, 9.17) is 5.73 Å². The Hall–Kier alpha value is -0.220. The topological polar surface area (TPSA) is 46.3 Å². The normalized spacial score (nSPS) is 26.5. The lowest BCUT2D eigenvalue weighted by Crippen LogP contribution is -2.42. The number of hydrogen-bond donors (Lipinski definition) is 1. The van der Waals surface area contributed by atoms with E-state index in [-0.39, 0.29) is 5.91 Å². The van der Waals surface area contributed by atoms with Crippen LogP contribution >= 0.6 is 11.8 Å². The second kappa shape index (κ2) is 5.61. The molecule has 82 valence electrons. The van der Waals surface area contributed by atoms with Crippen LogP contribution in [0.4, 0.5) is 0 Å². The average molecular weight is 216 g/mol. The Morgan fingerprint density at radius 3 is 2.86 bits per heavy atom. The maximum Gasteiger partial charge on any atom is 0.232 e. The molecule has 0 aliphatic heterocycles. The Bertz CT molecular complexity index is 199. The van der Waals surface area contributed by atoms with E-state index in [2.05, 4.69) is 0 Å². The van der Waals surface area contributed by atoms with E-state index < -0.39 is 0 Å².